The molecule has 10 rings (SSSR count). The highest BCUT2D eigenvalue weighted by Crippen LogP contribution is 2.45. The second-order valence-electron chi connectivity index (χ2n) is 12.2. The molecule has 3 aromatic heterocycles. The van der Waals surface area contributed by atoms with Crippen molar-refractivity contribution in [2.75, 3.05) is 11.9 Å². The van der Waals surface area contributed by atoms with Gasteiger partial charge in [0.1, 0.15) is 16.7 Å². The molecule has 1 fully saturated rings. The second-order valence-corrected chi connectivity index (χ2v) is 12.2. The molecule has 0 saturated carbocycles. The maximum absolute atomic E-state index is 6.62. The van der Waals surface area contributed by atoms with Gasteiger partial charge in [0.05, 0.1) is 10.9 Å². The van der Waals surface area contributed by atoms with Gasteiger partial charge in [-0.3, -0.25) is 4.57 Å². The van der Waals surface area contributed by atoms with Crippen molar-refractivity contribution in [1.82, 2.24) is 9.88 Å². The van der Waals surface area contributed by atoms with Gasteiger partial charge >= 0.3 is 0 Å². The number of nitrogens with one attached hydrogen (secondary N) is 2. The number of hydrogen-bond donors (Lipinski definition) is 2. The number of hydrogen-bond acceptors (Lipinski definition) is 4. The van der Waals surface area contributed by atoms with Crippen molar-refractivity contribution in [3.05, 3.63) is 139 Å². The van der Waals surface area contributed by atoms with Crippen LogP contribution >= 0.6 is 0 Å². The van der Waals surface area contributed by atoms with Crippen LogP contribution in [0.1, 0.15) is 18.0 Å². The highest BCUT2D eigenvalue weighted by atomic mass is 16.3. The summed E-state index contributed by atoms with van der Waals surface area (Å²) in [5.41, 5.74) is 11.5. The van der Waals surface area contributed by atoms with Crippen LogP contribution in [0.15, 0.2) is 142 Å². The Labute approximate surface area is 264 Å². The Balaban J connectivity index is 1.13. The second kappa shape index (κ2) is 9.86. The van der Waals surface area contributed by atoms with Crippen LogP contribution in [0.3, 0.4) is 0 Å². The Bertz CT molecular complexity index is 2590. The van der Waals surface area contributed by atoms with E-state index in [4.69, 9.17) is 8.83 Å². The van der Waals surface area contributed by atoms with Crippen molar-refractivity contribution >= 4 is 66.3 Å². The van der Waals surface area contributed by atoms with E-state index in [2.05, 4.69) is 124 Å². The number of anilines is 2. The number of rotatable bonds is 5. The van der Waals surface area contributed by atoms with Gasteiger partial charge in [0, 0.05) is 50.7 Å². The summed E-state index contributed by atoms with van der Waals surface area (Å²) in [5, 5.41) is 13.0. The topological polar surface area (TPSA) is 55.3 Å². The van der Waals surface area contributed by atoms with E-state index in [1.165, 1.54) is 22.1 Å². The molecule has 0 amide bonds. The SMILES string of the molecule is c1ccc(-n2c3cc(C4CCN4)cc(-c4ccc(Nc5ccc6c(c5)oc5ccccc56)cc4)c3c3c4ccccc4oc32)cc1. The quantitative estimate of drug-likeness (QED) is 0.208. The van der Waals surface area contributed by atoms with Crippen molar-refractivity contribution in [3.63, 3.8) is 0 Å². The zero-order valence-electron chi connectivity index (χ0n) is 25.0. The Morgan fingerprint density at radius 1 is 0.609 bits per heavy atom. The molecule has 6 aromatic carbocycles. The summed E-state index contributed by atoms with van der Waals surface area (Å²) in [4.78, 5) is 0. The van der Waals surface area contributed by atoms with Crippen molar-refractivity contribution in [3.8, 4) is 16.8 Å². The third-order valence-electron chi connectivity index (χ3n) is 9.51. The third-order valence-corrected chi connectivity index (χ3v) is 9.51. The summed E-state index contributed by atoms with van der Waals surface area (Å²) < 4.78 is 15.0. The Morgan fingerprint density at radius 3 is 2.09 bits per heavy atom. The van der Waals surface area contributed by atoms with E-state index in [0.717, 1.165) is 79.6 Å². The molecule has 0 radical (unpaired) electrons. The summed E-state index contributed by atoms with van der Waals surface area (Å²) in [5.74, 6) is 0. The molecular weight excluding hydrogens is 566 g/mol. The lowest BCUT2D eigenvalue weighted by Gasteiger charge is -2.29. The van der Waals surface area contributed by atoms with Crippen LogP contribution in [0.4, 0.5) is 11.4 Å². The zero-order chi connectivity index (χ0) is 30.2. The fourth-order valence-electron chi connectivity index (χ4n) is 7.17. The number of benzene rings is 6. The predicted octanol–water partition coefficient (Wildman–Crippen LogP) is 10.9. The summed E-state index contributed by atoms with van der Waals surface area (Å²) in [6.45, 7) is 1.05. The fourth-order valence-corrected chi connectivity index (χ4v) is 7.17. The van der Waals surface area contributed by atoms with Gasteiger partial charge in [-0.15, -0.1) is 0 Å². The molecule has 0 bridgehead atoms. The lowest BCUT2D eigenvalue weighted by Crippen LogP contribution is -2.34. The van der Waals surface area contributed by atoms with E-state index in [1.807, 2.05) is 24.3 Å². The standard InChI is InChI=1S/C41H29N3O2/c1-2-8-29(9-3-1)44-35-23-26(34-20-21-42-34)22-33(39(35)40-32-11-5-7-13-37(32)46-41(40)44)25-14-16-27(17-15-25)43-28-18-19-31-30-10-4-6-12-36(30)45-38(31)24-28/h1-19,22-24,34,42-43H,20-21H2. The molecule has 0 aliphatic carbocycles. The predicted molar refractivity (Wildman–Crippen MR) is 188 cm³/mol. The molecule has 1 aliphatic rings. The maximum atomic E-state index is 6.62. The molecule has 0 spiro atoms. The molecule has 5 nitrogen and oxygen atoms in total. The van der Waals surface area contributed by atoms with E-state index in [9.17, 15) is 0 Å². The van der Waals surface area contributed by atoms with E-state index in [-0.39, 0.29) is 0 Å². The average molecular weight is 596 g/mol. The summed E-state index contributed by atoms with van der Waals surface area (Å²) in [7, 11) is 0. The smallest absolute Gasteiger partial charge is 0.213 e. The number of aromatic nitrogens is 1. The maximum Gasteiger partial charge on any atom is 0.213 e. The van der Waals surface area contributed by atoms with Gasteiger partial charge in [-0.1, -0.05) is 66.7 Å². The molecule has 2 N–H and O–H groups in total. The van der Waals surface area contributed by atoms with E-state index >= 15 is 0 Å². The van der Waals surface area contributed by atoms with Crippen LogP contribution < -0.4 is 10.6 Å². The first kappa shape index (κ1) is 25.5. The lowest BCUT2D eigenvalue weighted by atomic mass is 9.91. The minimum absolute atomic E-state index is 0.347. The minimum atomic E-state index is 0.347. The largest absolute Gasteiger partial charge is 0.456 e. The molecule has 46 heavy (non-hydrogen) atoms. The monoisotopic (exact) mass is 595 g/mol. The van der Waals surface area contributed by atoms with E-state index < -0.39 is 0 Å². The normalized spacial score (nSPS) is 14.9. The van der Waals surface area contributed by atoms with Crippen LogP contribution in [0, 0.1) is 0 Å². The van der Waals surface area contributed by atoms with Crippen LogP contribution in [-0.4, -0.2) is 11.1 Å². The Morgan fingerprint density at radius 2 is 1.30 bits per heavy atom. The van der Waals surface area contributed by atoms with Gasteiger partial charge in [-0.25, -0.2) is 0 Å². The number of para-hydroxylation sites is 3. The first-order valence-corrected chi connectivity index (χ1v) is 15.9. The van der Waals surface area contributed by atoms with Gasteiger partial charge in [0.15, 0.2) is 0 Å². The molecule has 1 atom stereocenters. The van der Waals surface area contributed by atoms with Gasteiger partial charge in [0.2, 0.25) is 5.71 Å². The van der Waals surface area contributed by atoms with Crippen LogP contribution in [-0.2, 0) is 0 Å². The van der Waals surface area contributed by atoms with Crippen molar-refractivity contribution in [2.45, 2.75) is 12.5 Å². The molecular formula is C41H29N3O2. The summed E-state index contributed by atoms with van der Waals surface area (Å²) in [6.07, 6.45) is 1.13. The van der Waals surface area contributed by atoms with Gasteiger partial charge in [-0.05, 0) is 90.3 Å². The molecule has 1 unspecified atom stereocenters. The minimum Gasteiger partial charge on any atom is -0.456 e. The van der Waals surface area contributed by atoms with Crippen LogP contribution in [0.2, 0.25) is 0 Å². The number of furan rings is 2. The average Bonchev–Trinajstić information content (AvgIpc) is 3.72. The van der Waals surface area contributed by atoms with Crippen molar-refractivity contribution in [1.29, 1.82) is 0 Å². The van der Waals surface area contributed by atoms with Crippen molar-refractivity contribution < 1.29 is 8.83 Å². The van der Waals surface area contributed by atoms with E-state index in [0.29, 0.717) is 6.04 Å². The van der Waals surface area contributed by atoms with Crippen molar-refractivity contribution in [2.24, 2.45) is 0 Å². The summed E-state index contributed by atoms with van der Waals surface area (Å²) in [6, 6.07) is 47.3. The third kappa shape index (κ3) is 3.85. The molecule has 1 aliphatic heterocycles. The van der Waals surface area contributed by atoms with Crippen LogP contribution in [0.25, 0.3) is 71.7 Å². The zero-order valence-corrected chi connectivity index (χ0v) is 25.0. The molecule has 1 saturated heterocycles. The Kier molecular flexibility index (Phi) is 5.47. The lowest BCUT2D eigenvalue weighted by molar-refractivity contribution is 0.383. The highest BCUT2D eigenvalue weighted by Gasteiger charge is 2.26. The van der Waals surface area contributed by atoms with E-state index in [1.54, 1.807) is 0 Å². The molecule has 5 heteroatoms. The van der Waals surface area contributed by atoms with Gasteiger partial charge in [-0.2, -0.15) is 0 Å². The van der Waals surface area contributed by atoms with Gasteiger partial charge < -0.3 is 19.5 Å². The first-order chi connectivity index (χ1) is 22.8. The number of nitrogens with zero attached hydrogens (tertiary/aromatic N) is 1. The Hall–Kier alpha value is -5.78. The fraction of sp³-hybridized carbons (Fsp3) is 0.0732. The number of fused-ring (bicyclic) bond motifs is 8. The molecule has 9 aromatic rings. The molecule has 220 valence electrons. The van der Waals surface area contributed by atoms with Crippen LogP contribution in [0.5, 0.6) is 0 Å². The summed E-state index contributed by atoms with van der Waals surface area (Å²) >= 11 is 0. The first-order valence-electron chi connectivity index (χ1n) is 15.9. The highest BCUT2D eigenvalue weighted by molar-refractivity contribution is 6.24. The van der Waals surface area contributed by atoms with Gasteiger partial charge in [0.25, 0.3) is 0 Å². The molecule has 4 heterocycles.